The van der Waals surface area contributed by atoms with Crippen LogP contribution in [0.2, 0.25) is 0 Å². The predicted molar refractivity (Wildman–Crippen MR) is 97.7 cm³/mol. The second kappa shape index (κ2) is 5.51. The van der Waals surface area contributed by atoms with Crippen LogP contribution in [0.15, 0.2) is 46.0 Å². The lowest BCUT2D eigenvalue weighted by Crippen LogP contribution is -2.33. The molecule has 5 rings (SSSR count). The number of nitrogens with zero attached hydrogens (tertiary/aromatic N) is 5. The molecule has 4 heterocycles. The smallest absolute Gasteiger partial charge is 0.285 e. The lowest BCUT2D eigenvalue weighted by Gasteiger charge is -2.23. The molecule has 0 amide bonds. The van der Waals surface area contributed by atoms with E-state index >= 15 is 0 Å². The van der Waals surface area contributed by atoms with Crippen LogP contribution in [0.1, 0.15) is 11.3 Å². The molecule has 2 saturated heterocycles. The number of amidine groups is 1. The first-order valence-corrected chi connectivity index (χ1v) is 10.2. The molecule has 2 aromatic rings. The number of aromatic nitrogens is 2. The van der Waals surface area contributed by atoms with E-state index in [4.69, 9.17) is 0 Å². The monoisotopic (exact) mass is 369 g/mol. The summed E-state index contributed by atoms with van der Waals surface area (Å²) in [5, 5.41) is 0. The molecule has 1 aromatic carbocycles. The quantitative estimate of drug-likeness (QED) is 0.754. The van der Waals surface area contributed by atoms with Crippen LogP contribution in [0, 0.1) is 18.8 Å². The second-order valence-corrected chi connectivity index (χ2v) is 8.81. The summed E-state index contributed by atoms with van der Waals surface area (Å²) in [6.45, 7) is 5.49. The standard InChI is InChI=1S/C18H19N5O2S/c1-12-6-17(20-11-19-12)22-7-13-9-23(10-14(13)8-22)18-15-4-2-3-5-16(15)26(24,25)21-18/h2-6,11,13-14H,7-10H2,1H3. The molecule has 134 valence electrons. The van der Waals surface area contributed by atoms with Crippen LogP contribution in [0.3, 0.4) is 0 Å². The Hall–Kier alpha value is -2.48. The minimum absolute atomic E-state index is 0.324. The second-order valence-electron chi connectivity index (χ2n) is 7.23. The van der Waals surface area contributed by atoms with Gasteiger partial charge in [0.25, 0.3) is 10.0 Å². The van der Waals surface area contributed by atoms with E-state index in [1.165, 1.54) is 0 Å². The number of aryl methyl sites for hydroxylation is 1. The maximum Gasteiger partial charge on any atom is 0.285 e. The van der Waals surface area contributed by atoms with Gasteiger partial charge in [-0.15, -0.1) is 4.40 Å². The van der Waals surface area contributed by atoms with Gasteiger partial charge in [-0.25, -0.2) is 9.97 Å². The van der Waals surface area contributed by atoms with Crippen molar-refractivity contribution in [2.45, 2.75) is 11.8 Å². The first kappa shape index (κ1) is 15.7. The average molecular weight is 369 g/mol. The Bertz CT molecular complexity index is 1010. The fourth-order valence-corrected chi connectivity index (χ4v) is 5.51. The molecule has 2 fully saturated rings. The van der Waals surface area contributed by atoms with Gasteiger partial charge in [-0.2, -0.15) is 8.42 Å². The van der Waals surface area contributed by atoms with Crippen molar-refractivity contribution >= 4 is 21.7 Å². The number of hydrogen-bond donors (Lipinski definition) is 0. The maximum absolute atomic E-state index is 12.3. The summed E-state index contributed by atoms with van der Waals surface area (Å²) in [5.41, 5.74) is 1.70. The van der Waals surface area contributed by atoms with Crippen LogP contribution in [0.25, 0.3) is 0 Å². The van der Waals surface area contributed by atoms with Crippen LogP contribution >= 0.6 is 0 Å². The Labute approximate surface area is 152 Å². The van der Waals surface area contributed by atoms with Crippen LogP contribution in [0.4, 0.5) is 5.82 Å². The number of benzene rings is 1. The molecular weight excluding hydrogens is 350 g/mol. The average Bonchev–Trinajstić information content (AvgIpc) is 3.25. The number of likely N-dealkylation sites (tertiary alicyclic amines) is 1. The van der Waals surface area contributed by atoms with Crippen molar-refractivity contribution in [3.8, 4) is 0 Å². The summed E-state index contributed by atoms with van der Waals surface area (Å²) in [5.74, 6) is 2.57. The Morgan fingerprint density at radius 3 is 2.42 bits per heavy atom. The van der Waals surface area contributed by atoms with E-state index in [1.54, 1.807) is 18.5 Å². The fourth-order valence-electron chi connectivity index (χ4n) is 4.28. The van der Waals surface area contributed by atoms with E-state index in [-0.39, 0.29) is 0 Å². The van der Waals surface area contributed by atoms with E-state index in [2.05, 4.69) is 24.2 Å². The third-order valence-corrected chi connectivity index (χ3v) is 6.84. The van der Waals surface area contributed by atoms with Gasteiger partial charge in [0.1, 0.15) is 17.0 Å². The van der Waals surface area contributed by atoms with Crippen molar-refractivity contribution in [3.63, 3.8) is 0 Å². The van der Waals surface area contributed by atoms with Gasteiger partial charge in [-0.05, 0) is 19.1 Å². The Kier molecular flexibility index (Phi) is 3.34. The number of fused-ring (bicyclic) bond motifs is 2. The fraction of sp³-hybridized carbons (Fsp3) is 0.389. The molecule has 2 atom stereocenters. The molecule has 7 nitrogen and oxygen atoms in total. The van der Waals surface area contributed by atoms with Crippen molar-refractivity contribution in [1.29, 1.82) is 0 Å². The van der Waals surface area contributed by atoms with Crippen LogP contribution in [-0.2, 0) is 10.0 Å². The number of hydrogen-bond acceptors (Lipinski definition) is 6. The van der Waals surface area contributed by atoms with E-state index in [9.17, 15) is 8.42 Å². The highest BCUT2D eigenvalue weighted by molar-refractivity contribution is 7.90. The van der Waals surface area contributed by atoms with Gasteiger partial charge in [0, 0.05) is 55.3 Å². The molecule has 0 aliphatic carbocycles. The highest BCUT2D eigenvalue weighted by atomic mass is 32.2. The molecule has 0 spiro atoms. The van der Waals surface area contributed by atoms with Crippen LogP contribution < -0.4 is 4.90 Å². The third-order valence-electron chi connectivity index (χ3n) is 5.51. The van der Waals surface area contributed by atoms with Gasteiger partial charge in [0.05, 0.1) is 0 Å². The lowest BCUT2D eigenvalue weighted by atomic mass is 10.0. The van der Waals surface area contributed by atoms with Crippen LogP contribution in [-0.4, -0.2) is 55.3 Å². The third kappa shape index (κ3) is 2.39. The summed E-state index contributed by atoms with van der Waals surface area (Å²) in [7, 11) is -3.56. The van der Waals surface area contributed by atoms with Crippen molar-refractivity contribution in [2.24, 2.45) is 16.2 Å². The van der Waals surface area contributed by atoms with Gasteiger partial charge in [0.2, 0.25) is 0 Å². The normalized spacial score (nSPS) is 26.0. The summed E-state index contributed by atoms with van der Waals surface area (Å²) in [6.07, 6.45) is 1.61. The highest BCUT2D eigenvalue weighted by Crippen LogP contribution is 2.36. The largest absolute Gasteiger partial charge is 0.356 e. The minimum atomic E-state index is -3.56. The first-order valence-electron chi connectivity index (χ1n) is 8.74. The topological polar surface area (TPSA) is 78.8 Å². The van der Waals surface area contributed by atoms with Gasteiger partial charge >= 0.3 is 0 Å². The van der Waals surface area contributed by atoms with E-state index in [0.29, 0.717) is 22.6 Å². The zero-order chi connectivity index (χ0) is 17.9. The maximum atomic E-state index is 12.3. The first-order chi connectivity index (χ1) is 12.5. The lowest BCUT2D eigenvalue weighted by molar-refractivity contribution is 0.478. The Morgan fingerprint density at radius 1 is 1.00 bits per heavy atom. The van der Waals surface area contributed by atoms with Gasteiger partial charge in [-0.1, -0.05) is 12.1 Å². The highest BCUT2D eigenvalue weighted by Gasteiger charge is 2.43. The molecule has 26 heavy (non-hydrogen) atoms. The molecule has 0 N–H and O–H groups in total. The molecule has 3 aliphatic heterocycles. The zero-order valence-electron chi connectivity index (χ0n) is 14.4. The SMILES string of the molecule is Cc1cc(N2CC3CN(C4=NS(=O)(=O)c5ccccc54)CC3C2)ncn1. The van der Waals surface area contributed by atoms with Crippen molar-refractivity contribution < 1.29 is 8.42 Å². The molecular formula is C18H19N5O2S. The van der Waals surface area contributed by atoms with Crippen molar-refractivity contribution in [2.75, 3.05) is 31.1 Å². The molecule has 8 heteroatoms. The van der Waals surface area contributed by atoms with Crippen molar-refractivity contribution in [3.05, 3.63) is 47.9 Å². The Morgan fingerprint density at radius 2 is 1.69 bits per heavy atom. The van der Waals surface area contributed by atoms with E-state index in [1.807, 2.05) is 25.1 Å². The van der Waals surface area contributed by atoms with Crippen molar-refractivity contribution in [1.82, 2.24) is 14.9 Å². The molecule has 0 bridgehead atoms. The summed E-state index contributed by atoms with van der Waals surface area (Å²) in [4.78, 5) is 13.3. The molecule has 1 aromatic heterocycles. The Balaban J connectivity index is 1.37. The summed E-state index contributed by atoms with van der Waals surface area (Å²) < 4.78 is 28.7. The minimum Gasteiger partial charge on any atom is -0.356 e. The summed E-state index contributed by atoms with van der Waals surface area (Å²) >= 11 is 0. The van der Waals surface area contributed by atoms with Crippen LogP contribution in [0.5, 0.6) is 0 Å². The molecule has 2 unspecified atom stereocenters. The van der Waals surface area contributed by atoms with Gasteiger partial charge < -0.3 is 9.80 Å². The van der Waals surface area contributed by atoms with E-state index < -0.39 is 10.0 Å². The summed E-state index contributed by atoms with van der Waals surface area (Å²) in [6, 6.07) is 9.11. The number of rotatable bonds is 1. The number of sulfonamides is 1. The molecule has 0 saturated carbocycles. The molecule has 3 aliphatic rings. The number of anilines is 1. The van der Waals surface area contributed by atoms with Gasteiger partial charge in [0.15, 0.2) is 5.84 Å². The predicted octanol–water partition coefficient (Wildman–Crippen LogP) is 1.30. The molecule has 0 radical (unpaired) electrons. The van der Waals surface area contributed by atoms with E-state index in [0.717, 1.165) is 43.3 Å². The van der Waals surface area contributed by atoms with Gasteiger partial charge in [-0.3, -0.25) is 0 Å². The zero-order valence-corrected chi connectivity index (χ0v) is 15.2.